The molecule has 2 fully saturated rings. The standard InChI is InChI=1S/C24H49N5O9S3Si/c1-24(2,3)42(8,9)38-19-14-18(29(16-19)41(7,36)37)15-20(22(30)25-4)26-23(31)21(27-39(5,32)33)17-10-12-28(13-11-17)40(6,34)35/h17-21,27H,10-16H2,1-9H3,(H,25,30)(H,26,31). The highest BCUT2D eigenvalue weighted by Gasteiger charge is 2.46. The van der Waals surface area contributed by atoms with Crippen LogP contribution in [0, 0.1) is 5.92 Å². The molecule has 14 nitrogen and oxygen atoms in total. The van der Waals surface area contributed by atoms with Crippen molar-refractivity contribution in [3.8, 4) is 0 Å². The molecule has 42 heavy (non-hydrogen) atoms. The Hall–Kier alpha value is -1.15. The molecule has 2 saturated heterocycles. The molecule has 0 bridgehead atoms. The summed E-state index contributed by atoms with van der Waals surface area (Å²) in [5.74, 6) is -1.83. The molecule has 0 aromatic heterocycles. The van der Waals surface area contributed by atoms with Gasteiger partial charge in [-0.1, -0.05) is 20.8 Å². The molecule has 0 radical (unpaired) electrons. The van der Waals surface area contributed by atoms with E-state index >= 15 is 0 Å². The minimum Gasteiger partial charge on any atom is -0.413 e. The molecule has 3 N–H and O–H groups in total. The molecule has 0 aromatic carbocycles. The summed E-state index contributed by atoms with van der Waals surface area (Å²) in [7, 11) is -11.8. The summed E-state index contributed by atoms with van der Waals surface area (Å²) < 4.78 is 85.1. The van der Waals surface area contributed by atoms with Gasteiger partial charge in [0.1, 0.15) is 12.1 Å². The van der Waals surface area contributed by atoms with Crippen LogP contribution >= 0.6 is 0 Å². The molecule has 246 valence electrons. The summed E-state index contributed by atoms with van der Waals surface area (Å²) in [6.07, 6.45) is 3.46. The minimum absolute atomic E-state index is 0.0477. The number of likely N-dealkylation sites (N-methyl/N-ethyl adjacent to an activating group) is 1. The van der Waals surface area contributed by atoms with Gasteiger partial charge >= 0.3 is 0 Å². The quantitative estimate of drug-likeness (QED) is 0.232. The SMILES string of the molecule is CNC(=O)C(CC1CC(O[Si](C)(C)C(C)(C)C)CN1S(C)(=O)=O)NC(=O)C(NS(C)(=O)=O)C1CCN(S(C)(=O)=O)CC1. The highest BCUT2D eigenvalue weighted by Crippen LogP contribution is 2.39. The summed E-state index contributed by atoms with van der Waals surface area (Å²) in [5.41, 5.74) is 0. The summed E-state index contributed by atoms with van der Waals surface area (Å²) in [6.45, 7) is 10.8. The Balaban J connectivity index is 2.29. The van der Waals surface area contributed by atoms with Gasteiger partial charge in [0.05, 0.1) is 24.9 Å². The lowest BCUT2D eigenvalue weighted by Gasteiger charge is -2.38. The second-order valence-electron chi connectivity index (χ2n) is 13.0. The van der Waals surface area contributed by atoms with Crippen LogP contribution in [0.15, 0.2) is 0 Å². The number of amides is 2. The number of sulfonamides is 3. The van der Waals surface area contributed by atoms with Crippen LogP contribution in [0.4, 0.5) is 0 Å². The van der Waals surface area contributed by atoms with Crippen LogP contribution in [0.25, 0.3) is 0 Å². The van der Waals surface area contributed by atoms with Crippen molar-refractivity contribution in [1.29, 1.82) is 0 Å². The zero-order valence-corrected chi connectivity index (χ0v) is 29.6. The molecule has 0 aromatic rings. The van der Waals surface area contributed by atoms with Crippen molar-refractivity contribution in [3.63, 3.8) is 0 Å². The van der Waals surface area contributed by atoms with Crippen molar-refractivity contribution >= 4 is 50.2 Å². The smallest absolute Gasteiger partial charge is 0.242 e. The summed E-state index contributed by atoms with van der Waals surface area (Å²) in [4.78, 5) is 26.5. The number of carbonyl (C=O) groups excluding carboxylic acids is 2. The van der Waals surface area contributed by atoms with E-state index in [1.165, 1.54) is 15.7 Å². The van der Waals surface area contributed by atoms with Crippen LogP contribution in [-0.2, 0) is 44.1 Å². The Labute approximate surface area is 253 Å². The molecule has 4 atom stereocenters. The molecule has 0 saturated carbocycles. The van der Waals surface area contributed by atoms with Gasteiger partial charge in [-0.25, -0.2) is 34.3 Å². The number of hydrogen-bond acceptors (Lipinski definition) is 9. The summed E-state index contributed by atoms with van der Waals surface area (Å²) >= 11 is 0. The first-order valence-corrected chi connectivity index (χ1v) is 22.4. The average Bonchev–Trinajstić information content (AvgIpc) is 3.21. The van der Waals surface area contributed by atoms with Gasteiger partial charge in [-0.3, -0.25) is 9.59 Å². The molecule has 18 heteroatoms. The molecule has 2 aliphatic rings. The third-order valence-electron chi connectivity index (χ3n) is 8.47. The normalized spacial score (nSPS) is 23.8. The zero-order chi connectivity index (χ0) is 32.5. The van der Waals surface area contributed by atoms with Crippen molar-refractivity contribution < 1.29 is 39.3 Å². The first kappa shape index (κ1) is 37.0. The van der Waals surface area contributed by atoms with E-state index in [-0.39, 0.29) is 50.0 Å². The molecule has 2 rings (SSSR count). The second kappa shape index (κ2) is 13.5. The van der Waals surface area contributed by atoms with Crippen LogP contribution in [0.3, 0.4) is 0 Å². The number of hydrogen-bond donors (Lipinski definition) is 3. The Morgan fingerprint density at radius 2 is 1.50 bits per heavy atom. The highest BCUT2D eigenvalue weighted by molar-refractivity contribution is 7.89. The van der Waals surface area contributed by atoms with Gasteiger partial charge in [0.15, 0.2) is 8.32 Å². The first-order valence-electron chi connectivity index (χ1n) is 13.9. The lowest BCUT2D eigenvalue weighted by molar-refractivity contribution is -0.130. The molecule has 4 unspecified atom stereocenters. The van der Waals surface area contributed by atoms with Gasteiger partial charge < -0.3 is 15.1 Å². The Morgan fingerprint density at radius 3 is 1.93 bits per heavy atom. The molecule has 2 heterocycles. The Morgan fingerprint density at radius 1 is 0.952 bits per heavy atom. The van der Waals surface area contributed by atoms with E-state index in [1.54, 1.807) is 0 Å². The average molecular weight is 676 g/mol. The molecular formula is C24H49N5O9S3Si. The fourth-order valence-corrected chi connectivity index (χ4v) is 9.36. The van der Waals surface area contributed by atoms with Gasteiger partial charge in [0.25, 0.3) is 0 Å². The first-order chi connectivity index (χ1) is 18.9. The monoisotopic (exact) mass is 675 g/mol. The van der Waals surface area contributed by atoms with Gasteiger partial charge in [-0.15, -0.1) is 0 Å². The summed E-state index contributed by atoms with van der Waals surface area (Å²) in [6, 6.07) is -3.06. The fourth-order valence-electron chi connectivity index (χ4n) is 5.22. The maximum absolute atomic E-state index is 13.5. The number of nitrogens with zero attached hydrogens (tertiary/aromatic N) is 2. The lowest BCUT2D eigenvalue weighted by atomic mass is 9.90. The lowest BCUT2D eigenvalue weighted by Crippen LogP contribution is -2.58. The minimum atomic E-state index is -3.85. The van der Waals surface area contributed by atoms with Gasteiger partial charge in [-0.05, 0) is 49.7 Å². The predicted octanol–water partition coefficient (Wildman–Crippen LogP) is -0.379. The van der Waals surface area contributed by atoms with E-state index in [9.17, 15) is 34.8 Å². The Bertz CT molecular complexity index is 1310. The predicted molar refractivity (Wildman–Crippen MR) is 164 cm³/mol. The number of piperidine rings is 1. The van der Waals surface area contributed by atoms with Crippen molar-refractivity contribution in [3.05, 3.63) is 0 Å². The van der Waals surface area contributed by atoms with Crippen LogP contribution in [-0.4, -0.2) is 124 Å². The highest BCUT2D eigenvalue weighted by atomic mass is 32.2. The maximum atomic E-state index is 13.5. The maximum Gasteiger partial charge on any atom is 0.242 e. The van der Waals surface area contributed by atoms with Crippen molar-refractivity contribution in [2.24, 2.45) is 5.92 Å². The van der Waals surface area contributed by atoms with Crippen molar-refractivity contribution in [2.45, 2.75) is 88.8 Å². The molecule has 0 spiro atoms. The van der Waals surface area contributed by atoms with E-state index in [0.29, 0.717) is 6.42 Å². The van der Waals surface area contributed by atoms with E-state index < -0.39 is 74.2 Å². The van der Waals surface area contributed by atoms with E-state index in [0.717, 1.165) is 18.8 Å². The van der Waals surface area contributed by atoms with Gasteiger partial charge in [-0.2, -0.15) is 4.31 Å². The van der Waals surface area contributed by atoms with E-state index in [4.69, 9.17) is 4.43 Å². The zero-order valence-electron chi connectivity index (χ0n) is 26.1. The third-order valence-corrected chi connectivity index (χ3v) is 16.3. The van der Waals surface area contributed by atoms with Crippen molar-refractivity contribution in [2.75, 3.05) is 45.4 Å². The van der Waals surface area contributed by atoms with Crippen LogP contribution in [0.2, 0.25) is 18.1 Å². The van der Waals surface area contributed by atoms with Gasteiger partial charge in [0.2, 0.25) is 41.9 Å². The molecule has 2 amide bonds. The van der Waals surface area contributed by atoms with Crippen molar-refractivity contribution in [1.82, 2.24) is 24.0 Å². The molecule has 2 aliphatic heterocycles. The van der Waals surface area contributed by atoms with E-state index in [1.807, 2.05) is 0 Å². The third kappa shape index (κ3) is 10.2. The number of rotatable bonds is 12. The molecule has 0 aliphatic carbocycles. The number of carbonyl (C=O) groups is 2. The number of nitrogens with one attached hydrogen (secondary N) is 3. The van der Waals surface area contributed by atoms with Crippen LogP contribution in [0.5, 0.6) is 0 Å². The van der Waals surface area contributed by atoms with E-state index in [2.05, 4.69) is 49.2 Å². The second-order valence-corrected chi connectivity index (χ2v) is 23.5. The summed E-state index contributed by atoms with van der Waals surface area (Å²) in [5, 5.41) is 5.05. The topological polar surface area (TPSA) is 188 Å². The fraction of sp³-hybridized carbons (Fsp3) is 0.917. The Kier molecular flexibility index (Phi) is 11.9. The largest absolute Gasteiger partial charge is 0.413 e. The van der Waals surface area contributed by atoms with Gasteiger partial charge in [0, 0.05) is 32.7 Å². The molecular weight excluding hydrogens is 627 g/mol. The van der Waals surface area contributed by atoms with Crippen LogP contribution in [0.1, 0.15) is 46.5 Å². The van der Waals surface area contributed by atoms with Crippen LogP contribution < -0.4 is 15.4 Å².